The van der Waals surface area contributed by atoms with Gasteiger partial charge in [0, 0.05) is 37.3 Å². The normalized spacial score (nSPS) is 34.2. The van der Waals surface area contributed by atoms with Gasteiger partial charge in [0.15, 0.2) is 11.9 Å². The van der Waals surface area contributed by atoms with Gasteiger partial charge in [0.2, 0.25) is 5.04 Å². The standard InChI is InChI=1S/C33H54N2O7S3/c1-4-25(21-33-35(14-8-9-16-44(36,37)38)29-18-23(2)24(3)19-31(29)43-33)20-32-34(15-17-45(39,40)41)28-22-27(12-13-30(28)42-32)26-10-6-5-7-11-26/h20-21,23-24,26-31H,4-19,22H2,1-3H3,(H-,36,37,38,39,40,41)/p-1. The van der Waals surface area contributed by atoms with Gasteiger partial charge in [0.25, 0.3) is 0 Å². The zero-order valence-electron chi connectivity index (χ0n) is 27.3. The summed E-state index contributed by atoms with van der Waals surface area (Å²) < 4.78 is 77.8. The summed E-state index contributed by atoms with van der Waals surface area (Å²) in [6.07, 6.45) is 17.8. The Labute approximate surface area is 275 Å². The van der Waals surface area contributed by atoms with Crippen LogP contribution >= 0.6 is 11.8 Å². The van der Waals surface area contributed by atoms with Gasteiger partial charge in [0.05, 0.1) is 37.3 Å². The van der Waals surface area contributed by atoms with Gasteiger partial charge in [0.1, 0.15) is 12.6 Å². The second-order valence-electron chi connectivity index (χ2n) is 14.4. The Hall–Kier alpha value is -1.08. The van der Waals surface area contributed by atoms with Crippen molar-refractivity contribution in [1.29, 1.82) is 0 Å². The molecule has 2 heterocycles. The number of unbranched alkanes of at least 4 members (excludes halogenated alkanes) is 1. The van der Waals surface area contributed by atoms with E-state index in [1.807, 2.05) is 11.8 Å². The Kier molecular flexibility index (Phi) is 11.7. The summed E-state index contributed by atoms with van der Waals surface area (Å²) in [6, 6.07) is 0.466. The predicted octanol–water partition coefficient (Wildman–Crippen LogP) is 5.45. The molecule has 1 saturated heterocycles. The third-order valence-corrected chi connectivity index (χ3v) is 14.2. The Morgan fingerprint density at radius 2 is 1.64 bits per heavy atom. The third kappa shape index (κ3) is 9.30. The molecule has 2 aliphatic heterocycles. The molecule has 0 bridgehead atoms. The van der Waals surface area contributed by atoms with E-state index >= 15 is 0 Å². The lowest BCUT2D eigenvalue weighted by molar-refractivity contribution is -0.564. The highest BCUT2D eigenvalue weighted by Crippen LogP contribution is 2.45. The van der Waals surface area contributed by atoms with E-state index in [4.69, 9.17) is 4.74 Å². The van der Waals surface area contributed by atoms with Gasteiger partial charge in [-0.05, 0) is 79.5 Å². The highest BCUT2D eigenvalue weighted by Gasteiger charge is 2.47. The number of nitrogens with zero attached hydrogens (tertiary/aromatic N) is 2. The predicted molar refractivity (Wildman–Crippen MR) is 177 cm³/mol. The van der Waals surface area contributed by atoms with Crippen LogP contribution in [0.25, 0.3) is 0 Å². The lowest BCUT2D eigenvalue weighted by Crippen LogP contribution is -2.43. The first-order valence-corrected chi connectivity index (χ1v) is 21.4. The van der Waals surface area contributed by atoms with Crippen molar-refractivity contribution in [2.24, 2.45) is 23.7 Å². The van der Waals surface area contributed by atoms with Gasteiger partial charge in [-0.2, -0.15) is 0 Å². The molecule has 5 rings (SSSR count). The summed E-state index contributed by atoms with van der Waals surface area (Å²) in [5.74, 6) is 2.51. The molecule has 0 aromatic carbocycles. The van der Waals surface area contributed by atoms with Crippen molar-refractivity contribution in [3.05, 3.63) is 23.6 Å². The molecular weight excluding hydrogens is 633 g/mol. The fourth-order valence-electron chi connectivity index (χ4n) is 8.52. The highest BCUT2D eigenvalue weighted by molar-refractivity contribution is 8.14. The molecular formula is C33H53N2O7S3-. The Bertz CT molecular complexity index is 1350. The molecule has 12 heteroatoms. The molecule has 45 heavy (non-hydrogen) atoms. The van der Waals surface area contributed by atoms with Crippen molar-refractivity contribution in [1.82, 2.24) is 4.90 Å². The average molecular weight is 686 g/mol. The number of allylic oxidation sites excluding steroid dienone is 2. The summed E-state index contributed by atoms with van der Waals surface area (Å²) in [7, 11) is -8.59. The Balaban J connectivity index is 1.40. The van der Waals surface area contributed by atoms with E-state index in [0.717, 1.165) is 50.0 Å². The van der Waals surface area contributed by atoms with E-state index < -0.39 is 26.0 Å². The zero-order valence-corrected chi connectivity index (χ0v) is 29.7. The van der Waals surface area contributed by atoms with Gasteiger partial charge in [-0.25, -0.2) is 21.4 Å². The molecule has 256 valence electrons. The van der Waals surface area contributed by atoms with Crippen molar-refractivity contribution >= 4 is 37.0 Å². The van der Waals surface area contributed by atoms with Crippen molar-refractivity contribution in [3.8, 4) is 0 Å². The molecule has 0 aromatic rings. The average Bonchev–Trinajstić information content (AvgIpc) is 3.49. The molecule has 7 unspecified atom stereocenters. The van der Waals surface area contributed by atoms with E-state index in [1.165, 1.54) is 37.1 Å². The molecule has 7 atom stereocenters. The Morgan fingerprint density at radius 1 is 0.933 bits per heavy atom. The summed E-state index contributed by atoms with van der Waals surface area (Å²) in [5.41, 5.74) is 1.08. The molecule has 0 spiro atoms. The molecule has 4 fully saturated rings. The minimum absolute atomic E-state index is 0.0108. The number of thioether (sulfide) groups is 1. The zero-order chi connectivity index (χ0) is 32.4. The number of rotatable bonds is 12. The molecule has 0 amide bonds. The lowest BCUT2D eigenvalue weighted by atomic mass is 9.71. The first kappa shape index (κ1) is 35.2. The SMILES string of the molecule is CCC(=CC1=[N+](CCCCS(=O)(=O)[O-])C2CC(C)C(C)CC2S1)C=C1OC2CCC(C3CCCCC3)CC2N1CCS(=O)(=O)[O-]. The van der Waals surface area contributed by atoms with E-state index in [9.17, 15) is 25.9 Å². The summed E-state index contributed by atoms with van der Waals surface area (Å²) in [6.45, 7) is 7.61. The van der Waals surface area contributed by atoms with E-state index in [0.29, 0.717) is 54.3 Å². The van der Waals surface area contributed by atoms with E-state index in [-0.39, 0.29) is 24.4 Å². The summed E-state index contributed by atoms with van der Waals surface area (Å²) in [5, 5.41) is 1.64. The van der Waals surface area contributed by atoms with Crippen LogP contribution in [0.15, 0.2) is 23.6 Å². The summed E-state index contributed by atoms with van der Waals surface area (Å²) in [4.78, 5) is 2.08. The van der Waals surface area contributed by atoms with Gasteiger partial charge in [-0.3, -0.25) is 0 Å². The lowest BCUT2D eigenvalue weighted by Gasteiger charge is -2.39. The highest BCUT2D eigenvalue weighted by atomic mass is 32.2. The largest absolute Gasteiger partial charge is 0.748 e. The van der Waals surface area contributed by atoms with E-state index in [2.05, 4.69) is 42.4 Å². The molecule has 3 aliphatic carbocycles. The molecule has 0 radical (unpaired) electrons. The molecule has 0 aromatic heterocycles. The van der Waals surface area contributed by atoms with Crippen LogP contribution in [-0.2, 0) is 25.0 Å². The van der Waals surface area contributed by atoms with Gasteiger partial charge >= 0.3 is 0 Å². The maximum absolute atomic E-state index is 11.7. The van der Waals surface area contributed by atoms with Crippen molar-refractivity contribution in [3.63, 3.8) is 0 Å². The minimum atomic E-state index is -4.37. The van der Waals surface area contributed by atoms with Crippen LogP contribution in [0, 0.1) is 23.7 Å². The van der Waals surface area contributed by atoms with Gasteiger partial charge < -0.3 is 18.7 Å². The van der Waals surface area contributed by atoms with E-state index in [1.54, 1.807) is 0 Å². The van der Waals surface area contributed by atoms with Crippen LogP contribution in [0.1, 0.15) is 104 Å². The van der Waals surface area contributed by atoms with Crippen LogP contribution in [0.3, 0.4) is 0 Å². The second-order valence-corrected chi connectivity index (χ2v) is 18.7. The van der Waals surface area contributed by atoms with Crippen LogP contribution in [0.4, 0.5) is 0 Å². The fourth-order valence-corrected chi connectivity index (χ4v) is 11.2. The Morgan fingerprint density at radius 3 is 2.33 bits per heavy atom. The van der Waals surface area contributed by atoms with Gasteiger partial charge in [-0.15, -0.1) is 0 Å². The smallest absolute Gasteiger partial charge is 0.235 e. The maximum Gasteiger partial charge on any atom is 0.235 e. The number of hydrogen-bond acceptors (Lipinski definition) is 9. The van der Waals surface area contributed by atoms with Crippen LogP contribution < -0.4 is 0 Å². The van der Waals surface area contributed by atoms with Crippen molar-refractivity contribution in [2.45, 2.75) is 128 Å². The number of hydrogen-bond donors (Lipinski definition) is 0. The molecule has 3 saturated carbocycles. The van der Waals surface area contributed by atoms with Crippen molar-refractivity contribution < 1.29 is 35.3 Å². The topological polar surface area (TPSA) is 130 Å². The van der Waals surface area contributed by atoms with Crippen LogP contribution in [0.5, 0.6) is 0 Å². The minimum Gasteiger partial charge on any atom is -0.748 e. The third-order valence-electron chi connectivity index (χ3n) is 11.3. The monoisotopic (exact) mass is 685 g/mol. The number of ether oxygens (including phenoxy) is 1. The maximum atomic E-state index is 11.7. The van der Waals surface area contributed by atoms with Crippen LogP contribution in [-0.4, -0.2) is 88.5 Å². The first-order valence-electron chi connectivity index (χ1n) is 17.3. The summed E-state index contributed by atoms with van der Waals surface area (Å²) >= 11 is 1.91. The second kappa shape index (κ2) is 15.0. The number of fused-ring (bicyclic) bond motifs is 2. The fraction of sp³-hybridized carbons (Fsp3) is 0.848. The first-order chi connectivity index (χ1) is 21.3. The van der Waals surface area contributed by atoms with Crippen molar-refractivity contribution in [2.75, 3.05) is 24.6 Å². The van der Waals surface area contributed by atoms with Crippen LogP contribution in [0.2, 0.25) is 0 Å². The molecule has 0 N–H and O–H groups in total. The van der Waals surface area contributed by atoms with Gasteiger partial charge in [-0.1, -0.05) is 52.9 Å². The molecule has 9 nitrogen and oxygen atoms in total. The quantitative estimate of drug-likeness (QED) is 0.150. The molecule has 5 aliphatic rings.